The van der Waals surface area contributed by atoms with Gasteiger partial charge in [-0.25, -0.2) is 4.98 Å². The number of ether oxygens (including phenoxy) is 1. The summed E-state index contributed by atoms with van der Waals surface area (Å²) in [7, 11) is 0. The van der Waals surface area contributed by atoms with Crippen molar-refractivity contribution in [2.24, 2.45) is 0 Å². The summed E-state index contributed by atoms with van der Waals surface area (Å²) < 4.78 is 6.50. The van der Waals surface area contributed by atoms with Gasteiger partial charge >= 0.3 is 0 Å². The summed E-state index contributed by atoms with van der Waals surface area (Å²) in [5, 5.41) is 3.23. The highest BCUT2D eigenvalue weighted by atomic mass is 79.9. The Morgan fingerprint density at radius 1 is 1.17 bits per heavy atom. The third-order valence-corrected chi connectivity index (χ3v) is 2.80. The predicted molar refractivity (Wildman–Crippen MR) is 77.4 cm³/mol. The van der Waals surface area contributed by atoms with Crippen LogP contribution in [-0.2, 0) is 0 Å². The van der Waals surface area contributed by atoms with Crippen molar-refractivity contribution in [3.63, 3.8) is 0 Å². The number of hydrogen-bond acceptors (Lipinski definition) is 3. The number of halogens is 1. The fourth-order valence-electron chi connectivity index (χ4n) is 1.45. The minimum atomic E-state index is 0.751. The van der Waals surface area contributed by atoms with E-state index in [1.807, 2.05) is 36.4 Å². The zero-order valence-electron chi connectivity index (χ0n) is 10.2. The van der Waals surface area contributed by atoms with E-state index in [0.29, 0.717) is 0 Å². The zero-order chi connectivity index (χ0) is 12.8. The standard InChI is InChI=1S/C14H15BrN2O/c1-2-9-18-13-6-4-12(5-7-13)17-14-8-3-11(15)10-16-14/h3-8,10H,2,9H2,1H3,(H,16,17). The van der Waals surface area contributed by atoms with E-state index >= 15 is 0 Å². The minimum absolute atomic E-state index is 0.751. The number of nitrogens with one attached hydrogen (secondary N) is 1. The van der Waals surface area contributed by atoms with Gasteiger partial charge in [0.15, 0.2) is 0 Å². The first-order valence-corrected chi connectivity index (χ1v) is 6.68. The van der Waals surface area contributed by atoms with Gasteiger partial charge in [0.2, 0.25) is 0 Å². The van der Waals surface area contributed by atoms with Crippen molar-refractivity contribution in [1.29, 1.82) is 0 Å². The first kappa shape index (κ1) is 12.9. The molecular weight excluding hydrogens is 292 g/mol. The van der Waals surface area contributed by atoms with Crippen LogP contribution >= 0.6 is 15.9 Å². The van der Waals surface area contributed by atoms with Crippen LogP contribution in [0.5, 0.6) is 5.75 Å². The highest BCUT2D eigenvalue weighted by Gasteiger charge is 1.97. The van der Waals surface area contributed by atoms with E-state index in [2.05, 4.69) is 33.2 Å². The molecule has 2 aromatic rings. The lowest BCUT2D eigenvalue weighted by Crippen LogP contribution is -1.96. The molecule has 3 nitrogen and oxygen atoms in total. The SMILES string of the molecule is CCCOc1ccc(Nc2ccc(Br)cn2)cc1. The largest absolute Gasteiger partial charge is 0.494 e. The Morgan fingerprint density at radius 2 is 1.94 bits per heavy atom. The molecule has 0 radical (unpaired) electrons. The molecule has 2 rings (SSSR count). The number of benzene rings is 1. The molecule has 0 amide bonds. The van der Waals surface area contributed by atoms with Crippen molar-refractivity contribution >= 4 is 27.4 Å². The maximum atomic E-state index is 5.53. The summed E-state index contributed by atoms with van der Waals surface area (Å²) in [5.74, 6) is 1.71. The Bertz CT molecular complexity index is 482. The average Bonchev–Trinajstić information content (AvgIpc) is 2.41. The third-order valence-electron chi connectivity index (χ3n) is 2.33. The first-order chi connectivity index (χ1) is 8.78. The Labute approximate surface area is 115 Å². The number of aromatic nitrogens is 1. The van der Waals surface area contributed by atoms with Crippen LogP contribution in [0.2, 0.25) is 0 Å². The minimum Gasteiger partial charge on any atom is -0.494 e. The van der Waals surface area contributed by atoms with Gasteiger partial charge in [0, 0.05) is 16.4 Å². The van der Waals surface area contributed by atoms with Gasteiger partial charge in [-0.1, -0.05) is 6.92 Å². The second kappa shape index (κ2) is 6.40. The molecule has 1 aromatic heterocycles. The molecule has 1 aromatic carbocycles. The summed E-state index contributed by atoms with van der Waals surface area (Å²) in [4.78, 5) is 4.26. The predicted octanol–water partition coefficient (Wildman–Crippen LogP) is 4.38. The molecule has 0 aliphatic rings. The van der Waals surface area contributed by atoms with Crippen molar-refractivity contribution in [1.82, 2.24) is 4.98 Å². The molecule has 18 heavy (non-hydrogen) atoms. The number of rotatable bonds is 5. The lowest BCUT2D eigenvalue weighted by Gasteiger charge is -2.07. The molecule has 0 saturated heterocycles. The molecule has 0 fully saturated rings. The second-order valence-electron chi connectivity index (χ2n) is 3.86. The Kier molecular flexibility index (Phi) is 4.59. The average molecular weight is 307 g/mol. The quantitative estimate of drug-likeness (QED) is 0.890. The van der Waals surface area contributed by atoms with E-state index < -0.39 is 0 Å². The second-order valence-corrected chi connectivity index (χ2v) is 4.78. The first-order valence-electron chi connectivity index (χ1n) is 5.89. The summed E-state index contributed by atoms with van der Waals surface area (Å²) in [6.07, 6.45) is 2.78. The highest BCUT2D eigenvalue weighted by Crippen LogP contribution is 2.19. The summed E-state index contributed by atoms with van der Waals surface area (Å²) >= 11 is 3.36. The molecule has 4 heteroatoms. The number of nitrogens with zero attached hydrogens (tertiary/aromatic N) is 1. The van der Waals surface area contributed by atoms with Crippen molar-refractivity contribution in [2.45, 2.75) is 13.3 Å². The van der Waals surface area contributed by atoms with Gasteiger partial charge in [0.05, 0.1) is 6.61 Å². The van der Waals surface area contributed by atoms with Crippen LogP contribution in [0.3, 0.4) is 0 Å². The normalized spacial score (nSPS) is 10.1. The van der Waals surface area contributed by atoms with E-state index in [1.165, 1.54) is 0 Å². The van der Waals surface area contributed by atoms with E-state index in [9.17, 15) is 0 Å². The molecule has 0 bridgehead atoms. The molecular formula is C14H15BrN2O. The maximum Gasteiger partial charge on any atom is 0.130 e. The fraction of sp³-hybridized carbons (Fsp3) is 0.214. The summed E-state index contributed by atoms with van der Waals surface area (Å²) in [6.45, 7) is 2.84. The lowest BCUT2D eigenvalue weighted by atomic mass is 10.3. The highest BCUT2D eigenvalue weighted by molar-refractivity contribution is 9.10. The zero-order valence-corrected chi connectivity index (χ0v) is 11.8. The number of hydrogen-bond donors (Lipinski definition) is 1. The van der Waals surface area contributed by atoms with Crippen molar-refractivity contribution in [2.75, 3.05) is 11.9 Å². The molecule has 0 spiro atoms. The van der Waals surface area contributed by atoms with Gasteiger partial charge in [-0.05, 0) is 58.7 Å². The van der Waals surface area contributed by atoms with Crippen LogP contribution in [0, 0.1) is 0 Å². The van der Waals surface area contributed by atoms with Crippen LogP contribution in [-0.4, -0.2) is 11.6 Å². The van der Waals surface area contributed by atoms with E-state index in [-0.39, 0.29) is 0 Å². The molecule has 94 valence electrons. The van der Waals surface area contributed by atoms with E-state index in [0.717, 1.165) is 34.8 Å². The maximum absolute atomic E-state index is 5.53. The summed E-state index contributed by atoms with van der Waals surface area (Å²) in [6, 6.07) is 11.7. The number of pyridine rings is 1. The van der Waals surface area contributed by atoms with Crippen LogP contribution < -0.4 is 10.1 Å². The van der Waals surface area contributed by atoms with E-state index in [1.54, 1.807) is 6.20 Å². The molecule has 1 heterocycles. The van der Waals surface area contributed by atoms with Crippen LogP contribution in [0.25, 0.3) is 0 Å². The molecule has 0 atom stereocenters. The van der Waals surface area contributed by atoms with Crippen LogP contribution in [0.4, 0.5) is 11.5 Å². The van der Waals surface area contributed by atoms with Crippen molar-refractivity contribution in [3.05, 3.63) is 47.1 Å². The van der Waals surface area contributed by atoms with Crippen LogP contribution in [0.1, 0.15) is 13.3 Å². The monoisotopic (exact) mass is 306 g/mol. The van der Waals surface area contributed by atoms with Gasteiger partial charge in [-0.3, -0.25) is 0 Å². The molecule has 0 saturated carbocycles. The molecule has 0 unspecified atom stereocenters. The van der Waals surface area contributed by atoms with Gasteiger partial charge in [0.25, 0.3) is 0 Å². The topological polar surface area (TPSA) is 34.1 Å². The van der Waals surface area contributed by atoms with Gasteiger partial charge in [-0.15, -0.1) is 0 Å². The molecule has 0 aliphatic heterocycles. The Morgan fingerprint density at radius 3 is 2.56 bits per heavy atom. The van der Waals surface area contributed by atoms with Gasteiger partial charge in [0.1, 0.15) is 11.6 Å². The lowest BCUT2D eigenvalue weighted by molar-refractivity contribution is 0.317. The molecule has 1 N–H and O–H groups in total. The molecule has 0 aliphatic carbocycles. The van der Waals surface area contributed by atoms with Crippen molar-refractivity contribution in [3.8, 4) is 5.75 Å². The number of anilines is 2. The van der Waals surface area contributed by atoms with E-state index in [4.69, 9.17) is 4.74 Å². The Balaban J connectivity index is 1.99. The smallest absolute Gasteiger partial charge is 0.130 e. The third kappa shape index (κ3) is 3.74. The van der Waals surface area contributed by atoms with Crippen molar-refractivity contribution < 1.29 is 4.74 Å². The van der Waals surface area contributed by atoms with Gasteiger partial charge < -0.3 is 10.1 Å². The van der Waals surface area contributed by atoms with Gasteiger partial charge in [-0.2, -0.15) is 0 Å². The summed E-state index contributed by atoms with van der Waals surface area (Å²) in [5.41, 5.74) is 0.994. The fourth-order valence-corrected chi connectivity index (χ4v) is 1.69. The van der Waals surface area contributed by atoms with Crippen LogP contribution in [0.15, 0.2) is 47.1 Å². The Hall–Kier alpha value is -1.55.